The van der Waals surface area contributed by atoms with Crippen molar-refractivity contribution in [1.82, 2.24) is 15.4 Å². The molecule has 1 heterocycles. The van der Waals surface area contributed by atoms with Gasteiger partial charge in [-0.2, -0.15) is 15.4 Å². The Morgan fingerprint density at radius 1 is 1.00 bits per heavy atom. The second-order valence-electron chi connectivity index (χ2n) is 1.81. The van der Waals surface area contributed by atoms with Crippen LogP contribution in [-0.2, 0) is 0 Å². The Bertz CT molecular complexity index is 290. The number of H-pyrrole nitrogens is 1. The zero-order valence-corrected chi connectivity index (χ0v) is 5.60. The standard InChI is InChI=1S/C6H5N3.H2O2/c1-2-4-6-5(3-1)7-9-8-6;1-2/h1-4H,(H,7,8,9);1-2H. The van der Waals surface area contributed by atoms with Crippen LogP contribution in [0, 0.1) is 0 Å². The zero-order chi connectivity index (χ0) is 8.10. The molecule has 0 aliphatic carbocycles. The van der Waals surface area contributed by atoms with Crippen molar-refractivity contribution in [1.29, 1.82) is 0 Å². The van der Waals surface area contributed by atoms with Gasteiger partial charge >= 0.3 is 0 Å². The quantitative estimate of drug-likeness (QED) is 0.389. The fourth-order valence-corrected chi connectivity index (χ4v) is 0.786. The molecule has 3 N–H and O–H groups in total. The Labute approximate surface area is 62.2 Å². The summed E-state index contributed by atoms with van der Waals surface area (Å²) < 4.78 is 0. The molecule has 5 heteroatoms. The molecule has 1 aromatic heterocycles. The predicted molar refractivity (Wildman–Crippen MR) is 39.1 cm³/mol. The van der Waals surface area contributed by atoms with Crippen molar-refractivity contribution in [3.63, 3.8) is 0 Å². The number of fused-ring (bicyclic) bond motifs is 1. The van der Waals surface area contributed by atoms with Crippen LogP contribution in [0.25, 0.3) is 11.0 Å². The first kappa shape index (κ1) is 7.64. The minimum absolute atomic E-state index is 0.914. The van der Waals surface area contributed by atoms with Crippen LogP contribution in [0.15, 0.2) is 24.3 Å². The summed E-state index contributed by atoms with van der Waals surface area (Å²) in [7, 11) is 0. The van der Waals surface area contributed by atoms with Crippen molar-refractivity contribution >= 4 is 11.0 Å². The van der Waals surface area contributed by atoms with Crippen molar-refractivity contribution in [3.05, 3.63) is 24.3 Å². The zero-order valence-electron chi connectivity index (χ0n) is 5.60. The van der Waals surface area contributed by atoms with E-state index in [4.69, 9.17) is 10.5 Å². The maximum absolute atomic E-state index is 6.00. The Morgan fingerprint density at radius 3 is 1.91 bits per heavy atom. The maximum Gasteiger partial charge on any atom is 0.112 e. The minimum atomic E-state index is 0.914. The van der Waals surface area contributed by atoms with Crippen LogP contribution in [0.4, 0.5) is 0 Å². The number of rotatable bonds is 0. The van der Waals surface area contributed by atoms with Crippen molar-refractivity contribution < 1.29 is 10.5 Å². The second kappa shape index (κ2) is 3.65. The maximum atomic E-state index is 6.00. The van der Waals surface area contributed by atoms with Crippen LogP contribution < -0.4 is 0 Å². The number of para-hydroxylation sites is 2. The van der Waals surface area contributed by atoms with Crippen molar-refractivity contribution in [2.75, 3.05) is 0 Å². The first-order valence-corrected chi connectivity index (χ1v) is 2.92. The van der Waals surface area contributed by atoms with Gasteiger partial charge in [0.2, 0.25) is 0 Å². The monoisotopic (exact) mass is 153 g/mol. The molecule has 2 aromatic rings. The lowest BCUT2D eigenvalue weighted by Crippen LogP contribution is -1.63. The molecule has 5 nitrogen and oxygen atoms in total. The minimum Gasteiger partial charge on any atom is -0.255 e. The van der Waals surface area contributed by atoms with Crippen LogP contribution in [0.2, 0.25) is 0 Å². The molecule has 2 rings (SSSR count). The third-order valence-corrected chi connectivity index (χ3v) is 1.22. The van der Waals surface area contributed by atoms with Crippen molar-refractivity contribution in [2.45, 2.75) is 0 Å². The SMILES string of the molecule is OO.c1ccc2n[nH]nc2c1. The summed E-state index contributed by atoms with van der Waals surface area (Å²) in [6.07, 6.45) is 0. The smallest absolute Gasteiger partial charge is 0.112 e. The van der Waals surface area contributed by atoms with E-state index in [-0.39, 0.29) is 0 Å². The Hall–Kier alpha value is -1.46. The van der Waals surface area contributed by atoms with Gasteiger partial charge < -0.3 is 0 Å². The summed E-state index contributed by atoms with van der Waals surface area (Å²) in [4.78, 5) is 0. The van der Waals surface area contributed by atoms with Gasteiger partial charge in [-0.05, 0) is 12.1 Å². The topological polar surface area (TPSA) is 82.0 Å². The number of nitrogens with one attached hydrogen (secondary N) is 1. The van der Waals surface area contributed by atoms with E-state index < -0.39 is 0 Å². The Kier molecular flexibility index (Phi) is 2.53. The molecule has 0 unspecified atom stereocenters. The van der Waals surface area contributed by atoms with Crippen LogP contribution in [-0.4, -0.2) is 25.9 Å². The summed E-state index contributed by atoms with van der Waals surface area (Å²) in [5.74, 6) is 0. The third-order valence-electron chi connectivity index (χ3n) is 1.22. The highest BCUT2D eigenvalue weighted by molar-refractivity contribution is 5.72. The molecule has 0 radical (unpaired) electrons. The van der Waals surface area contributed by atoms with E-state index in [9.17, 15) is 0 Å². The lowest BCUT2D eigenvalue weighted by molar-refractivity contribution is -0.176. The van der Waals surface area contributed by atoms with E-state index in [1.807, 2.05) is 24.3 Å². The van der Waals surface area contributed by atoms with Crippen LogP contribution in [0.5, 0.6) is 0 Å². The molecule has 11 heavy (non-hydrogen) atoms. The molecule has 0 atom stereocenters. The van der Waals surface area contributed by atoms with Crippen LogP contribution in [0.1, 0.15) is 0 Å². The lowest BCUT2D eigenvalue weighted by Gasteiger charge is -1.78. The number of benzene rings is 1. The van der Waals surface area contributed by atoms with Gasteiger partial charge in [0.25, 0.3) is 0 Å². The molecule has 0 aliphatic heterocycles. The summed E-state index contributed by atoms with van der Waals surface area (Å²) in [6, 6.07) is 7.70. The fraction of sp³-hybridized carbons (Fsp3) is 0. The molecule has 0 amide bonds. The Balaban J connectivity index is 0.000000281. The number of hydrogen-bond acceptors (Lipinski definition) is 4. The van der Waals surface area contributed by atoms with Crippen molar-refractivity contribution in [3.8, 4) is 0 Å². The molecule has 0 aliphatic rings. The molecule has 1 aromatic carbocycles. The van der Waals surface area contributed by atoms with E-state index >= 15 is 0 Å². The van der Waals surface area contributed by atoms with E-state index in [0.29, 0.717) is 0 Å². The highest BCUT2D eigenvalue weighted by Gasteiger charge is 1.90. The largest absolute Gasteiger partial charge is 0.255 e. The van der Waals surface area contributed by atoms with Gasteiger partial charge in [-0.1, -0.05) is 12.1 Å². The first-order valence-electron chi connectivity index (χ1n) is 2.92. The van der Waals surface area contributed by atoms with Crippen LogP contribution >= 0.6 is 0 Å². The third kappa shape index (κ3) is 1.51. The average Bonchev–Trinajstić information content (AvgIpc) is 2.55. The predicted octanol–water partition coefficient (Wildman–Crippen LogP) is 0.975. The summed E-state index contributed by atoms with van der Waals surface area (Å²) in [6.45, 7) is 0. The van der Waals surface area contributed by atoms with E-state index in [1.54, 1.807) is 0 Å². The number of aromatic amines is 1. The van der Waals surface area contributed by atoms with Crippen LogP contribution in [0.3, 0.4) is 0 Å². The molecular formula is C6H7N3O2. The average molecular weight is 153 g/mol. The molecule has 0 bridgehead atoms. The highest BCUT2D eigenvalue weighted by atomic mass is 17.0. The van der Waals surface area contributed by atoms with Gasteiger partial charge in [0.15, 0.2) is 0 Å². The summed E-state index contributed by atoms with van der Waals surface area (Å²) in [5, 5.41) is 22.3. The molecule has 0 saturated heterocycles. The van der Waals surface area contributed by atoms with Crippen molar-refractivity contribution in [2.24, 2.45) is 0 Å². The fourth-order valence-electron chi connectivity index (χ4n) is 0.786. The number of nitrogens with zero attached hydrogens (tertiary/aromatic N) is 2. The number of hydrogen-bond donors (Lipinski definition) is 3. The lowest BCUT2D eigenvalue weighted by atomic mass is 10.3. The van der Waals surface area contributed by atoms with E-state index in [0.717, 1.165) is 11.0 Å². The Morgan fingerprint density at radius 2 is 1.45 bits per heavy atom. The first-order chi connectivity index (χ1) is 5.47. The normalized spacial score (nSPS) is 8.91. The molecule has 0 saturated carbocycles. The van der Waals surface area contributed by atoms with Gasteiger partial charge in [0.05, 0.1) is 0 Å². The molecule has 0 fully saturated rings. The van der Waals surface area contributed by atoms with Gasteiger partial charge in [0.1, 0.15) is 11.0 Å². The van der Waals surface area contributed by atoms with E-state index in [1.165, 1.54) is 0 Å². The van der Waals surface area contributed by atoms with Gasteiger partial charge in [-0.3, -0.25) is 10.5 Å². The summed E-state index contributed by atoms with van der Waals surface area (Å²) in [5.41, 5.74) is 1.83. The number of aromatic nitrogens is 3. The molecular weight excluding hydrogens is 146 g/mol. The molecule has 0 spiro atoms. The molecule has 58 valence electrons. The summed E-state index contributed by atoms with van der Waals surface area (Å²) >= 11 is 0. The van der Waals surface area contributed by atoms with E-state index in [2.05, 4.69) is 15.4 Å². The van der Waals surface area contributed by atoms with Gasteiger partial charge in [-0.25, -0.2) is 0 Å². The second-order valence-corrected chi connectivity index (χ2v) is 1.81. The van der Waals surface area contributed by atoms with Gasteiger partial charge in [0, 0.05) is 0 Å². The van der Waals surface area contributed by atoms with Gasteiger partial charge in [-0.15, -0.1) is 0 Å². The highest BCUT2D eigenvalue weighted by Crippen LogP contribution is 2.03.